The molecule has 2 aliphatic heterocycles. The summed E-state index contributed by atoms with van der Waals surface area (Å²) >= 11 is 0. The molecule has 5 aliphatic carbocycles. The zero-order chi connectivity index (χ0) is 27.3. The summed E-state index contributed by atoms with van der Waals surface area (Å²) in [6.07, 6.45) is 7.71. The molecule has 7 aliphatic rings. The van der Waals surface area contributed by atoms with Crippen LogP contribution in [0.3, 0.4) is 0 Å². The smallest absolute Gasteiger partial charge is 0.138 e. The van der Waals surface area contributed by atoms with E-state index in [-0.39, 0.29) is 35.1 Å². The summed E-state index contributed by atoms with van der Waals surface area (Å²) in [7, 11) is 1.91. The summed E-state index contributed by atoms with van der Waals surface area (Å²) in [6.45, 7) is 5.57. The summed E-state index contributed by atoms with van der Waals surface area (Å²) in [5.41, 5.74) is 6.04. The number of hydrogen-bond donors (Lipinski definition) is 2. The normalized spacial score (nSPS) is 37.8. The number of methoxy groups -OCH3 is 1. The van der Waals surface area contributed by atoms with E-state index in [4.69, 9.17) is 14.2 Å². The third-order valence-corrected chi connectivity index (χ3v) is 12.1. The Morgan fingerprint density at radius 3 is 2.67 bits per heavy atom. The van der Waals surface area contributed by atoms with Gasteiger partial charge in [0.2, 0.25) is 0 Å². The van der Waals surface area contributed by atoms with Crippen molar-refractivity contribution < 1.29 is 24.4 Å². The summed E-state index contributed by atoms with van der Waals surface area (Å²) in [6, 6.07) is 13.0. The third-order valence-electron chi connectivity index (χ3n) is 12.1. The van der Waals surface area contributed by atoms with Crippen LogP contribution in [0.25, 0.3) is 0 Å². The fourth-order valence-corrected chi connectivity index (χ4v) is 10.2. The lowest BCUT2D eigenvalue weighted by Gasteiger charge is -2.74. The Morgan fingerprint density at radius 2 is 1.93 bits per heavy atom. The van der Waals surface area contributed by atoms with Crippen LogP contribution in [-0.2, 0) is 27.9 Å². The molecule has 6 nitrogen and oxygen atoms in total. The minimum Gasteiger partial charge on any atom is -0.486 e. The first-order valence-electron chi connectivity index (χ1n) is 15.5. The van der Waals surface area contributed by atoms with E-state index in [0.29, 0.717) is 19.3 Å². The molecule has 0 amide bonds. The van der Waals surface area contributed by atoms with E-state index in [2.05, 4.69) is 24.0 Å². The molecule has 2 aromatic carbocycles. The number of hydrogen-bond acceptors (Lipinski definition) is 6. The Kier molecular flexibility index (Phi) is 5.80. The molecule has 0 aromatic heterocycles. The molecule has 1 unspecified atom stereocenters. The van der Waals surface area contributed by atoms with Crippen LogP contribution < -0.4 is 4.74 Å². The van der Waals surface area contributed by atoms with Gasteiger partial charge in [0.25, 0.3) is 0 Å². The van der Waals surface area contributed by atoms with E-state index in [9.17, 15) is 10.2 Å². The third kappa shape index (κ3) is 3.29. The monoisotopic (exact) mass is 545 g/mol. The summed E-state index contributed by atoms with van der Waals surface area (Å²) in [5.74, 6) is 2.33. The van der Waals surface area contributed by atoms with Crippen LogP contribution in [0, 0.1) is 24.2 Å². The number of piperidine rings is 1. The second-order valence-corrected chi connectivity index (χ2v) is 13.8. The number of aryl methyl sites for hydroxylation is 1. The minimum atomic E-state index is -0.838. The standard InChI is InChI=1S/C34H43NO5/c1-21-3-8-25-15-28-32-11-12-34(38-2,26(16-32)20-39-19-23-6-9-24(10-7-23)27(37)18-36)31-33(32,29(25)30(21)40-31)13-14-35(28)17-22-4-5-22/h3,6-10,22,26-28,31,36-37H,4-5,11-20H2,1-2H3/t26-,27?,28-,31-,32-,33+,34-/m1/s1. The van der Waals surface area contributed by atoms with Crippen LogP contribution in [0.1, 0.15) is 72.4 Å². The first-order valence-corrected chi connectivity index (χ1v) is 15.5. The largest absolute Gasteiger partial charge is 0.486 e. The molecule has 40 heavy (non-hydrogen) atoms. The van der Waals surface area contributed by atoms with Crippen LogP contribution in [0.15, 0.2) is 36.4 Å². The molecule has 1 saturated heterocycles. The Hall–Kier alpha value is -1.96. The second-order valence-electron chi connectivity index (χ2n) is 13.8. The highest BCUT2D eigenvalue weighted by Crippen LogP contribution is 2.76. The lowest BCUT2D eigenvalue weighted by Crippen LogP contribution is -2.81. The maximum Gasteiger partial charge on any atom is 0.138 e. The molecule has 4 saturated carbocycles. The van der Waals surface area contributed by atoms with E-state index in [0.717, 1.165) is 42.1 Å². The number of rotatable bonds is 9. The van der Waals surface area contributed by atoms with Crippen molar-refractivity contribution in [2.75, 3.05) is 33.4 Å². The van der Waals surface area contributed by atoms with Gasteiger partial charge in [-0.15, -0.1) is 0 Å². The van der Waals surface area contributed by atoms with Crippen LogP contribution in [0.2, 0.25) is 0 Å². The van der Waals surface area contributed by atoms with Crippen molar-refractivity contribution in [3.63, 3.8) is 0 Å². The van der Waals surface area contributed by atoms with Gasteiger partial charge in [0.15, 0.2) is 0 Å². The Bertz CT molecular complexity index is 1310. The molecular weight excluding hydrogens is 502 g/mol. The van der Waals surface area contributed by atoms with Crippen molar-refractivity contribution in [2.24, 2.45) is 17.3 Å². The molecule has 0 radical (unpaired) electrons. The van der Waals surface area contributed by atoms with Crippen LogP contribution >= 0.6 is 0 Å². The van der Waals surface area contributed by atoms with Crippen LogP contribution in [-0.4, -0.2) is 66.3 Å². The highest BCUT2D eigenvalue weighted by Gasteiger charge is 2.80. The van der Waals surface area contributed by atoms with E-state index in [1.807, 2.05) is 31.4 Å². The molecule has 4 bridgehead atoms. The van der Waals surface area contributed by atoms with Gasteiger partial charge in [0.05, 0.1) is 19.8 Å². The number of aliphatic hydroxyl groups excluding tert-OH is 2. The lowest BCUT2D eigenvalue weighted by molar-refractivity contribution is -0.283. The Balaban J connectivity index is 1.13. The highest BCUT2D eigenvalue weighted by molar-refractivity contribution is 5.61. The predicted molar refractivity (Wildman–Crippen MR) is 151 cm³/mol. The van der Waals surface area contributed by atoms with Crippen molar-refractivity contribution in [1.29, 1.82) is 0 Å². The number of nitrogens with zero attached hydrogens (tertiary/aromatic N) is 1. The first-order chi connectivity index (χ1) is 19.5. The summed E-state index contributed by atoms with van der Waals surface area (Å²) < 4.78 is 20.3. The van der Waals surface area contributed by atoms with Crippen molar-refractivity contribution in [3.8, 4) is 5.75 Å². The molecule has 9 rings (SSSR count). The maximum absolute atomic E-state index is 9.92. The quantitative estimate of drug-likeness (QED) is 0.485. The van der Waals surface area contributed by atoms with Crippen molar-refractivity contribution in [1.82, 2.24) is 4.90 Å². The fourth-order valence-electron chi connectivity index (χ4n) is 10.2. The second kappa shape index (κ2) is 9.02. The number of aliphatic hydroxyl groups is 2. The van der Waals surface area contributed by atoms with Gasteiger partial charge < -0.3 is 24.4 Å². The van der Waals surface area contributed by atoms with Crippen molar-refractivity contribution in [2.45, 2.75) is 87.7 Å². The lowest BCUT2D eigenvalue weighted by atomic mass is 9.35. The van der Waals surface area contributed by atoms with Gasteiger partial charge in [-0.25, -0.2) is 0 Å². The average molecular weight is 546 g/mol. The molecular formula is C34H43NO5. The molecule has 2 aromatic rings. The number of ether oxygens (including phenoxy) is 3. The van der Waals surface area contributed by atoms with E-state index < -0.39 is 6.10 Å². The molecule has 6 heteroatoms. The van der Waals surface area contributed by atoms with E-state index in [1.54, 1.807) is 5.56 Å². The zero-order valence-corrected chi connectivity index (χ0v) is 23.9. The predicted octanol–water partition coefficient (Wildman–Crippen LogP) is 4.46. The van der Waals surface area contributed by atoms with E-state index in [1.165, 1.54) is 49.9 Å². The van der Waals surface area contributed by atoms with E-state index >= 15 is 0 Å². The van der Waals surface area contributed by atoms with Gasteiger partial charge in [0, 0.05) is 42.0 Å². The molecule has 2 heterocycles. The van der Waals surface area contributed by atoms with Crippen LogP contribution in [0.5, 0.6) is 5.75 Å². The molecule has 2 N–H and O–H groups in total. The van der Waals surface area contributed by atoms with Gasteiger partial charge in [-0.05, 0) is 86.6 Å². The average Bonchev–Trinajstić information content (AvgIpc) is 3.72. The number of likely N-dealkylation sites (tertiary alicyclic amines) is 1. The van der Waals surface area contributed by atoms with Gasteiger partial charge in [0.1, 0.15) is 23.6 Å². The molecule has 214 valence electrons. The van der Waals surface area contributed by atoms with Gasteiger partial charge >= 0.3 is 0 Å². The Labute approximate surface area is 237 Å². The SMILES string of the molecule is CO[C@]12CC[C@@]3(C[C@@H]1COCc1ccc(C(O)CO)cc1)[C@H]1Cc4ccc(C)c5c4[C@@]3(CCN1CC1CC1)[C@H]2O5. The van der Waals surface area contributed by atoms with Gasteiger partial charge in [-0.1, -0.05) is 36.4 Å². The first kappa shape index (κ1) is 25.7. The van der Waals surface area contributed by atoms with Crippen LogP contribution in [0.4, 0.5) is 0 Å². The zero-order valence-electron chi connectivity index (χ0n) is 23.9. The molecule has 2 spiro atoms. The maximum atomic E-state index is 9.92. The summed E-state index contributed by atoms with van der Waals surface area (Å²) in [4.78, 5) is 2.90. The molecule has 5 fully saturated rings. The fraction of sp³-hybridized carbons (Fsp3) is 0.647. The van der Waals surface area contributed by atoms with Crippen molar-refractivity contribution >= 4 is 0 Å². The summed E-state index contributed by atoms with van der Waals surface area (Å²) in [5, 5.41) is 19.2. The molecule has 7 atom stereocenters. The van der Waals surface area contributed by atoms with Gasteiger partial charge in [-0.2, -0.15) is 0 Å². The minimum absolute atomic E-state index is 0.0424. The number of fused-ring (bicyclic) bond motifs is 2. The number of benzene rings is 2. The topological polar surface area (TPSA) is 71.4 Å². The highest BCUT2D eigenvalue weighted by atomic mass is 16.6. The van der Waals surface area contributed by atoms with Crippen molar-refractivity contribution in [3.05, 3.63) is 64.2 Å². The Morgan fingerprint density at radius 1 is 1.10 bits per heavy atom. The van der Waals surface area contributed by atoms with Gasteiger partial charge in [-0.3, -0.25) is 4.90 Å².